The van der Waals surface area contributed by atoms with Crippen LogP contribution in [0.2, 0.25) is 0 Å². The fraction of sp³-hybridized carbons (Fsp3) is 0.579. The predicted octanol–water partition coefficient (Wildman–Crippen LogP) is 1.99. The van der Waals surface area contributed by atoms with Gasteiger partial charge < -0.3 is 25.4 Å². The van der Waals surface area contributed by atoms with Crippen molar-refractivity contribution < 1.29 is 14.3 Å². The van der Waals surface area contributed by atoms with Crippen LogP contribution in [-0.2, 0) is 16.0 Å². The summed E-state index contributed by atoms with van der Waals surface area (Å²) in [5.74, 6) is 0.419. The van der Waals surface area contributed by atoms with Crippen LogP contribution in [0.25, 0.3) is 0 Å². The maximum Gasteiger partial charge on any atom is 0.254 e. The molecule has 1 aromatic rings. The Morgan fingerprint density at radius 3 is 2.48 bits per heavy atom. The maximum atomic E-state index is 12.7. The highest BCUT2D eigenvalue weighted by atomic mass is 127. The van der Waals surface area contributed by atoms with Crippen LogP contribution in [-0.4, -0.2) is 61.8 Å². The average Bonchev–Trinajstić information content (AvgIpc) is 2.59. The van der Waals surface area contributed by atoms with Gasteiger partial charge in [-0.2, -0.15) is 0 Å². The molecule has 0 spiro atoms. The fourth-order valence-electron chi connectivity index (χ4n) is 3.05. The molecule has 1 aliphatic rings. The van der Waals surface area contributed by atoms with Gasteiger partial charge in [0.25, 0.3) is 5.91 Å². The molecule has 1 fully saturated rings. The number of benzene rings is 1. The molecule has 3 N–H and O–H groups in total. The number of nitrogens with two attached hydrogens (primary N) is 1. The summed E-state index contributed by atoms with van der Waals surface area (Å²) in [4.78, 5) is 18.8. The van der Waals surface area contributed by atoms with Crippen molar-refractivity contribution in [1.29, 1.82) is 0 Å². The first-order valence-electron chi connectivity index (χ1n) is 8.98. The van der Waals surface area contributed by atoms with Crippen LogP contribution in [0.4, 0.5) is 0 Å². The van der Waals surface area contributed by atoms with Gasteiger partial charge in [0.15, 0.2) is 5.96 Å². The normalized spacial score (nSPS) is 21.3. The van der Waals surface area contributed by atoms with Gasteiger partial charge in [-0.25, -0.2) is 4.99 Å². The van der Waals surface area contributed by atoms with E-state index in [9.17, 15) is 4.79 Å². The Labute approximate surface area is 178 Å². The highest BCUT2D eigenvalue weighted by molar-refractivity contribution is 14.0. The number of hydrogen-bond donors (Lipinski definition) is 2. The molecule has 0 bridgehead atoms. The molecular weight excluding hydrogens is 459 g/mol. The minimum Gasteiger partial charge on any atom is -0.383 e. The summed E-state index contributed by atoms with van der Waals surface area (Å²) in [5, 5.41) is 3.06. The molecule has 1 aromatic carbocycles. The molecule has 152 valence electrons. The Morgan fingerprint density at radius 2 is 1.93 bits per heavy atom. The van der Waals surface area contributed by atoms with Crippen molar-refractivity contribution in [2.45, 2.75) is 45.6 Å². The summed E-state index contributed by atoms with van der Waals surface area (Å²) >= 11 is 0. The number of nitrogens with zero attached hydrogens (tertiary/aromatic N) is 2. The monoisotopic (exact) mass is 490 g/mol. The van der Waals surface area contributed by atoms with Crippen molar-refractivity contribution in [3.05, 3.63) is 35.4 Å². The van der Waals surface area contributed by atoms with Crippen LogP contribution in [0, 0.1) is 0 Å². The molecule has 8 heteroatoms. The van der Waals surface area contributed by atoms with Gasteiger partial charge in [-0.05, 0) is 38.5 Å². The largest absolute Gasteiger partial charge is 0.383 e. The summed E-state index contributed by atoms with van der Waals surface area (Å²) in [6.07, 6.45) is 0.125. The molecule has 1 saturated heterocycles. The zero-order valence-electron chi connectivity index (χ0n) is 16.5. The average molecular weight is 490 g/mol. The third-order valence-electron chi connectivity index (χ3n) is 4.15. The number of ether oxygens (including phenoxy) is 2. The van der Waals surface area contributed by atoms with Gasteiger partial charge in [0, 0.05) is 31.8 Å². The van der Waals surface area contributed by atoms with E-state index >= 15 is 0 Å². The SMILES string of the molecule is COCC(C)NC(N)=NCc1ccc(C(=O)N2CC(C)OC(C)C2)cc1.I. The number of carbonyl (C=O) groups is 1. The van der Waals surface area contributed by atoms with Gasteiger partial charge in [-0.1, -0.05) is 12.1 Å². The lowest BCUT2D eigenvalue weighted by molar-refractivity contribution is -0.0586. The predicted molar refractivity (Wildman–Crippen MR) is 118 cm³/mol. The second kappa shape index (κ2) is 11.5. The summed E-state index contributed by atoms with van der Waals surface area (Å²) in [7, 11) is 1.65. The lowest BCUT2D eigenvalue weighted by Crippen LogP contribution is -2.48. The minimum atomic E-state index is 0. The van der Waals surface area contributed by atoms with Crippen molar-refractivity contribution in [3.8, 4) is 0 Å². The quantitative estimate of drug-likeness (QED) is 0.362. The van der Waals surface area contributed by atoms with Crippen molar-refractivity contribution in [2.24, 2.45) is 10.7 Å². The molecule has 1 aliphatic heterocycles. The molecule has 2 rings (SSSR count). The van der Waals surface area contributed by atoms with Gasteiger partial charge in [0.1, 0.15) is 0 Å². The van der Waals surface area contributed by atoms with E-state index in [2.05, 4.69) is 10.3 Å². The molecule has 7 nitrogen and oxygen atoms in total. The number of aliphatic imine (C=N–C) groups is 1. The molecule has 1 amide bonds. The molecule has 1 heterocycles. The van der Waals surface area contributed by atoms with Crippen LogP contribution < -0.4 is 11.1 Å². The zero-order valence-corrected chi connectivity index (χ0v) is 18.8. The zero-order chi connectivity index (χ0) is 19.1. The fourth-order valence-corrected chi connectivity index (χ4v) is 3.05. The first-order valence-corrected chi connectivity index (χ1v) is 8.98. The van der Waals surface area contributed by atoms with Gasteiger partial charge in [-0.15, -0.1) is 24.0 Å². The number of rotatable bonds is 6. The van der Waals surface area contributed by atoms with Crippen molar-refractivity contribution in [2.75, 3.05) is 26.8 Å². The molecule has 3 unspecified atom stereocenters. The second-order valence-corrected chi connectivity index (χ2v) is 6.87. The van der Waals surface area contributed by atoms with Crippen LogP contribution in [0.3, 0.4) is 0 Å². The number of hydrogen-bond acceptors (Lipinski definition) is 4. The Morgan fingerprint density at radius 1 is 1.33 bits per heavy atom. The van der Waals surface area contributed by atoms with Crippen LogP contribution in [0.1, 0.15) is 36.7 Å². The number of halogens is 1. The summed E-state index contributed by atoms with van der Waals surface area (Å²) in [5.41, 5.74) is 7.54. The Bertz CT molecular complexity index is 614. The topological polar surface area (TPSA) is 89.2 Å². The van der Waals surface area contributed by atoms with E-state index in [4.69, 9.17) is 15.2 Å². The summed E-state index contributed by atoms with van der Waals surface area (Å²) in [6.45, 7) is 8.21. The number of carbonyl (C=O) groups excluding carboxylic acids is 1. The third-order valence-corrected chi connectivity index (χ3v) is 4.15. The van der Waals surface area contributed by atoms with E-state index in [-0.39, 0.29) is 48.1 Å². The van der Waals surface area contributed by atoms with Gasteiger partial charge >= 0.3 is 0 Å². The van der Waals surface area contributed by atoms with Gasteiger partial charge in [0.2, 0.25) is 0 Å². The van der Waals surface area contributed by atoms with E-state index in [1.165, 1.54) is 0 Å². The first-order chi connectivity index (χ1) is 12.4. The lowest BCUT2D eigenvalue weighted by Gasteiger charge is -2.35. The van der Waals surface area contributed by atoms with E-state index < -0.39 is 0 Å². The van der Waals surface area contributed by atoms with E-state index in [0.29, 0.717) is 37.8 Å². The highest BCUT2D eigenvalue weighted by Crippen LogP contribution is 2.15. The van der Waals surface area contributed by atoms with Crippen LogP contribution >= 0.6 is 24.0 Å². The van der Waals surface area contributed by atoms with E-state index in [0.717, 1.165) is 5.56 Å². The summed E-state index contributed by atoms with van der Waals surface area (Å²) < 4.78 is 10.7. The van der Waals surface area contributed by atoms with E-state index in [1.807, 2.05) is 49.9 Å². The molecule has 27 heavy (non-hydrogen) atoms. The third kappa shape index (κ3) is 7.63. The number of guanidine groups is 1. The number of morpholine rings is 1. The molecule has 3 atom stereocenters. The molecule has 0 radical (unpaired) electrons. The molecule has 0 saturated carbocycles. The van der Waals surface area contributed by atoms with Crippen molar-refractivity contribution >= 4 is 35.8 Å². The van der Waals surface area contributed by atoms with Gasteiger partial charge in [-0.3, -0.25) is 4.79 Å². The summed E-state index contributed by atoms with van der Waals surface area (Å²) in [6, 6.07) is 7.61. The molecular formula is C19H31IN4O3. The molecule has 0 aliphatic carbocycles. The second-order valence-electron chi connectivity index (χ2n) is 6.87. The maximum absolute atomic E-state index is 12.7. The van der Waals surface area contributed by atoms with Crippen molar-refractivity contribution in [3.63, 3.8) is 0 Å². The Hall–Kier alpha value is -1.39. The van der Waals surface area contributed by atoms with Crippen LogP contribution in [0.15, 0.2) is 29.3 Å². The first kappa shape index (κ1) is 23.6. The van der Waals surface area contributed by atoms with Crippen molar-refractivity contribution in [1.82, 2.24) is 10.2 Å². The lowest BCUT2D eigenvalue weighted by atomic mass is 10.1. The standard InChI is InChI=1S/C19H30N4O3.HI/c1-13(12-25-4)22-19(20)21-9-16-5-7-17(8-6-16)18(24)23-10-14(2)26-15(3)11-23;/h5-8,13-15H,9-12H2,1-4H3,(H3,20,21,22);1H. The Balaban J connectivity index is 0.00000364. The number of nitrogens with one attached hydrogen (secondary N) is 1. The van der Waals surface area contributed by atoms with Gasteiger partial charge in [0.05, 0.1) is 25.4 Å². The van der Waals surface area contributed by atoms with E-state index in [1.54, 1.807) is 7.11 Å². The molecule has 0 aromatic heterocycles. The highest BCUT2D eigenvalue weighted by Gasteiger charge is 2.26. The number of amides is 1. The smallest absolute Gasteiger partial charge is 0.254 e. The Kier molecular flexibility index (Phi) is 10.0. The van der Waals surface area contributed by atoms with Crippen LogP contribution in [0.5, 0.6) is 0 Å². The minimum absolute atomic E-state index is 0. The number of methoxy groups -OCH3 is 1.